The molecule has 0 saturated carbocycles. The first-order chi connectivity index (χ1) is 11.5. The molecule has 0 aliphatic rings. The Kier molecular flexibility index (Phi) is 5.78. The van der Waals surface area contributed by atoms with Gasteiger partial charge in [-0.1, -0.05) is 6.92 Å². The normalized spacial score (nSPS) is 11.5. The zero-order valence-electron chi connectivity index (χ0n) is 13.1. The largest absolute Gasteiger partial charge is 0.490 e. The second-order valence-electron chi connectivity index (χ2n) is 5.12. The van der Waals surface area contributed by atoms with E-state index in [0.29, 0.717) is 24.5 Å². The summed E-state index contributed by atoms with van der Waals surface area (Å²) in [6, 6.07) is 12.3. The number of hydrogen-bond donors (Lipinski definition) is 2. The average molecular weight is 330 g/mol. The van der Waals surface area contributed by atoms with Crippen molar-refractivity contribution in [3.05, 3.63) is 59.7 Å². The Morgan fingerprint density at radius 2 is 1.33 bits per heavy atom. The minimum Gasteiger partial charge on any atom is -0.490 e. The van der Waals surface area contributed by atoms with E-state index in [4.69, 9.17) is 19.7 Å². The van der Waals surface area contributed by atoms with Crippen LogP contribution in [-0.4, -0.2) is 34.9 Å². The highest BCUT2D eigenvalue weighted by atomic mass is 16.5. The molecule has 2 N–H and O–H groups in total. The van der Waals surface area contributed by atoms with Crippen LogP contribution in [0, 0.1) is 0 Å². The number of rotatable bonds is 8. The van der Waals surface area contributed by atoms with E-state index < -0.39 is 11.9 Å². The molecule has 0 spiro atoms. The number of benzene rings is 2. The molecule has 24 heavy (non-hydrogen) atoms. The molecule has 1 unspecified atom stereocenters. The van der Waals surface area contributed by atoms with Crippen LogP contribution in [0.4, 0.5) is 0 Å². The van der Waals surface area contributed by atoms with Crippen molar-refractivity contribution < 1.29 is 29.3 Å². The van der Waals surface area contributed by atoms with E-state index in [-0.39, 0.29) is 17.2 Å². The van der Waals surface area contributed by atoms with E-state index in [1.807, 2.05) is 6.92 Å². The summed E-state index contributed by atoms with van der Waals surface area (Å²) >= 11 is 0. The molecule has 2 aromatic rings. The van der Waals surface area contributed by atoms with Crippen LogP contribution in [0.25, 0.3) is 0 Å². The van der Waals surface area contributed by atoms with Crippen molar-refractivity contribution in [1.29, 1.82) is 0 Å². The maximum Gasteiger partial charge on any atom is 0.335 e. The van der Waals surface area contributed by atoms with Gasteiger partial charge in [-0.05, 0) is 55.0 Å². The molecule has 0 amide bonds. The Morgan fingerprint density at radius 3 is 1.75 bits per heavy atom. The van der Waals surface area contributed by atoms with Gasteiger partial charge in [-0.25, -0.2) is 9.59 Å². The van der Waals surface area contributed by atoms with E-state index in [2.05, 4.69) is 0 Å². The van der Waals surface area contributed by atoms with Crippen LogP contribution in [0.1, 0.15) is 34.1 Å². The first-order valence-corrected chi connectivity index (χ1v) is 7.45. The van der Waals surface area contributed by atoms with Crippen LogP contribution in [0.5, 0.6) is 11.5 Å². The summed E-state index contributed by atoms with van der Waals surface area (Å²) in [7, 11) is 0. The maximum atomic E-state index is 10.8. The molecular formula is C18H18O6. The van der Waals surface area contributed by atoms with Crippen LogP contribution in [0.2, 0.25) is 0 Å². The van der Waals surface area contributed by atoms with Crippen LogP contribution in [0.3, 0.4) is 0 Å². The molecule has 0 bridgehead atoms. The number of carboxylic acid groups (broad SMARTS) is 2. The molecule has 0 fully saturated rings. The fraction of sp³-hybridized carbons (Fsp3) is 0.222. The standard InChI is InChI=1S/C18H18O6/c1-2-14(24-16-9-5-13(6-10-16)18(21)22)11-23-15-7-3-12(4-8-15)17(19)20/h3-10,14H,2,11H2,1H3,(H,19,20)(H,21,22). The van der Waals surface area contributed by atoms with Gasteiger partial charge < -0.3 is 19.7 Å². The Bertz CT molecular complexity index is 690. The number of aromatic carboxylic acids is 2. The van der Waals surface area contributed by atoms with E-state index in [1.165, 1.54) is 24.3 Å². The van der Waals surface area contributed by atoms with Crippen molar-refractivity contribution >= 4 is 11.9 Å². The summed E-state index contributed by atoms with van der Waals surface area (Å²) in [6.45, 7) is 2.25. The number of carbonyl (C=O) groups is 2. The zero-order chi connectivity index (χ0) is 17.5. The smallest absolute Gasteiger partial charge is 0.335 e. The van der Waals surface area contributed by atoms with Gasteiger partial charge >= 0.3 is 11.9 Å². The molecule has 1 atom stereocenters. The van der Waals surface area contributed by atoms with E-state index in [9.17, 15) is 9.59 Å². The first kappa shape index (κ1) is 17.3. The zero-order valence-corrected chi connectivity index (χ0v) is 13.1. The molecule has 2 rings (SSSR count). The van der Waals surface area contributed by atoms with Gasteiger partial charge in [0.25, 0.3) is 0 Å². The Labute approximate surface area is 139 Å². The van der Waals surface area contributed by atoms with Crippen molar-refractivity contribution in [1.82, 2.24) is 0 Å². The Balaban J connectivity index is 1.91. The highest BCUT2D eigenvalue weighted by Gasteiger charge is 2.11. The highest BCUT2D eigenvalue weighted by molar-refractivity contribution is 5.88. The van der Waals surface area contributed by atoms with Crippen molar-refractivity contribution in [3.63, 3.8) is 0 Å². The van der Waals surface area contributed by atoms with Gasteiger partial charge in [-0.15, -0.1) is 0 Å². The molecule has 0 heterocycles. The monoisotopic (exact) mass is 330 g/mol. The van der Waals surface area contributed by atoms with Crippen LogP contribution in [-0.2, 0) is 0 Å². The molecule has 0 saturated heterocycles. The molecule has 0 aromatic heterocycles. The van der Waals surface area contributed by atoms with Gasteiger partial charge in [0, 0.05) is 0 Å². The third-order valence-corrected chi connectivity index (χ3v) is 3.40. The van der Waals surface area contributed by atoms with Gasteiger partial charge in [0.05, 0.1) is 11.1 Å². The molecule has 6 heteroatoms. The molecule has 0 aliphatic heterocycles. The third kappa shape index (κ3) is 4.74. The fourth-order valence-corrected chi connectivity index (χ4v) is 1.99. The lowest BCUT2D eigenvalue weighted by Crippen LogP contribution is -2.24. The van der Waals surface area contributed by atoms with Gasteiger partial charge in [-0.3, -0.25) is 0 Å². The summed E-state index contributed by atoms with van der Waals surface area (Å²) in [6.07, 6.45) is 0.494. The first-order valence-electron chi connectivity index (χ1n) is 7.45. The molecule has 2 aromatic carbocycles. The highest BCUT2D eigenvalue weighted by Crippen LogP contribution is 2.17. The van der Waals surface area contributed by atoms with Crippen LogP contribution >= 0.6 is 0 Å². The lowest BCUT2D eigenvalue weighted by atomic mass is 10.2. The van der Waals surface area contributed by atoms with Crippen LogP contribution < -0.4 is 9.47 Å². The van der Waals surface area contributed by atoms with Gasteiger partial charge in [0.2, 0.25) is 0 Å². The lowest BCUT2D eigenvalue weighted by Gasteiger charge is -2.18. The van der Waals surface area contributed by atoms with Gasteiger partial charge in [0.1, 0.15) is 24.2 Å². The topological polar surface area (TPSA) is 93.1 Å². The van der Waals surface area contributed by atoms with Crippen molar-refractivity contribution in [2.24, 2.45) is 0 Å². The number of carboxylic acids is 2. The summed E-state index contributed by atoms with van der Waals surface area (Å²) < 4.78 is 11.4. The molecule has 0 radical (unpaired) electrons. The maximum absolute atomic E-state index is 10.8. The molecular weight excluding hydrogens is 312 g/mol. The fourth-order valence-electron chi connectivity index (χ4n) is 1.99. The lowest BCUT2D eigenvalue weighted by molar-refractivity contribution is 0.0685. The predicted molar refractivity (Wildman–Crippen MR) is 87.0 cm³/mol. The summed E-state index contributed by atoms with van der Waals surface area (Å²) in [4.78, 5) is 21.6. The van der Waals surface area contributed by atoms with E-state index >= 15 is 0 Å². The Morgan fingerprint density at radius 1 is 0.875 bits per heavy atom. The predicted octanol–water partition coefficient (Wildman–Crippen LogP) is 3.32. The second kappa shape index (κ2) is 8.01. The Hall–Kier alpha value is -3.02. The quantitative estimate of drug-likeness (QED) is 0.771. The minimum absolute atomic E-state index is 0.198. The van der Waals surface area contributed by atoms with Gasteiger partial charge in [0.15, 0.2) is 0 Å². The summed E-state index contributed by atoms with van der Waals surface area (Å²) in [5, 5.41) is 17.7. The van der Waals surface area contributed by atoms with Crippen LogP contribution in [0.15, 0.2) is 48.5 Å². The summed E-state index contributed by atoms with van der Waals surface area (Å²) in [5.41, 5.74) is 0.398. The van der Waals surface area contributed by atoms with E-state index in [0.717, 1.165) is 0 Å². The molecule has 126 valence electrons. The third-order valence-electron chi connectivity index (χ3n) is 3.40. The SMILES string of the molecule is CCC(COc1ccc(C(=O)O)cc1)Oc1ccc(C(=O)O)cc1. The minimum atomic E-state index is -0.985. The average Bonchev–Trinajstić information content (AvgIpc) is 2.59. The van der Waals surface area contributed by atoms with Crippen molar-refractivity contribution in [3.8, 4) is 11.5 Å². The van der Waals surface area contributed by atoms with E-state index in [1.54, 1.807) is 24.3 Å². The number of hydrogen-bond acceptors (Lipinski definition) is 4. The molecule has 0 aliphatic carbocycles. The summed E-state index contributed by atoms with van der Waals surface area (Å²) in [5.74, 6) is -0.845. The van der Waals surface area contributed by atoms with Crippen molar-refractivity contribution in [2.75, 3.05) is 6.61 Å². The van der Waals surface area contributed by atoms with Gasteiger partial charge in [-0.2, -0.15) is 0 Å². The second-order valence-corrected chi connectivity index (χ2v) is 5.12. The van der Waals surface area contributed by atoms with Crippen molar-refractivity contribution in [2.45, 2.75) is 19.4 Å². The number of ether oxygens (including phenoxy) is 2. The molecule has 6 nitrogen and oxygen atoms in total.